The topological polar surface area (TPSA) is 18.5 Å². The number of rotatable bonds is 8. The van der Waals surface area contributed by atoms with E-state index in [-0.39, 0.29) is 6.10 Å². The number of allylic oxidation sites excluding steroid dienone is 5. The standard InChI is InChI=1S/C19H29IO2S/c1-15-8-6-12-18(17-10-4-3-5-11-17)19(14-15)22-16(2)9-7-13-21-23-20/h6,8,14,16-17H,3-5,7,9-13H2,1-2H3. The van der Waals surface area contributed by atoms with Gasteiger partial charge in [0.05, 0.1) is 21.9 Å². The Kier molecular flexibility index (Phi) is 9.13. The molecule has 0 bridgehead atoms. The summed E-state index contributed by atoms with van der Waals surface area (Å²) in [6.07, 6.45) is 17.0. The Morgan fingerprint density at radius 2 is 2.09 bits per heavy atom. The second-order valence-electron chi connectivity index (χ2n) is 6.67. The van der Waals surface area contributed by atoms with Crippen LogP contribution in [0.4, 0.5) is 0 Å². The van der Waals surface area contributed by atoms with Gasteiger partial charge in [0.15, 0.2) is 0 Å². The Balaban J connectivity index is 2.02. The highest BCUT2D eigenvalue weighted by Crippen LogP contribution is 2.36. The van der Waals surface area contributed by atoms with Crippen LogP contribution < -0.4 is 0 Å². The first-order valence-electron chi connectivity index (χ1n) is 8.85. The molecule has 2 aliphatic carbocycles. The second-order valence-corrected chi connectivity index (χ2v) is 8.12. The van der Waals surface area contributed by atoms with E-state index in [1.165, 1.54) is 52.5 Å². The molecule has 0 aromatic carbocycles. The van der Waals surface area contributed by atoms with Crippen molar-refractivity contribution in [1.29, 1.82) is 0 Å². The first-order valence-corrected chi connectivity index (χ1v) is 12.1. The zero-order valence-electron chi connectivity index (χ0n) is 14.4. The zero-order valence-corrected chi connectivity index (χ0v) is 17.3. The fourth-order valence-corrected chi connectivity index (χ4v) is 4.21. The first-order chi connectivity index (χ1) is 11.2. The van der Waals surface area contributed by atoms with Gasteiger partial charge in [-0.25, -0.2) is 0 Å². The molecule has 0 amide bonds. The average Bonchev–Trinajstić information content (AvgIpc) is 2.73. The fourth-order valence-electron chi connectivity index (χ4n) is 3.49. The number of ether oxygens (including phenoxy) is 1. The van der Waals surface area contributed by atoms with Crippen molar-refractivity contribution in [3.63, 3.8) is 0 Å². The van der Waals surface area contributed by atoms with Gasteiger partial charge in [0, 0.05) is 21.2 Å². The van der Waals surface area contributed by atoms with E-state index in [0.29, 0.717) is 0 Å². The minimum atomic E-state index is 0.244. The van der Waals surface area contributed by atoms with Gasteiger partial charge in [-0.05, 0) is 69.1 Å². The molecule has 1 saturated carbocycles. The van der Waals surface area contributed by atoms with Crippen LogP contribution in [0, 0.1) is 5.92 Å². The second kappa shape index (κ2) is 10.8. The Hall–Kier alpha value is 0.0600. The summed E-state index contributed by atoms with van der Waals surface area (Å²) >= 11 is 2.16. The molecule has 2 rings (SSSR count). The Bertz CT molecular complexity index is 450. The summed E-state index contributed by atoms with van der Waals surface area (Å²) in [5, 5.41) is 0. The highest BCUT2D eigenvalue weighted by atomic mass is 127. The molecule has 1 fully saturated rings. The molecule has 4 heteroatoms. The molecule has 23 heavy (non-hydrogen) atoms. The van der Waals surface area contributed by atoms with Gasteiger partial charge in [-0.15, -0.1) is 0 Å². The van der Waals surface area contributed by atoms with Crippen LogP contribution in [0.3, 0.4) is 0 Å². The summed E-state index contributed by atoms with van der Waals surface area (Å²) in [4.78, 5) is 0. The largest absolute Gasteiger partial charge is 0.491 e. The van der Waals surface area contributed by atoms with Crippen molar-refractivity contribution < 1.29 is 8.92 Å². The van der Waals surface area contributed by atoms with E-state index < -0.39 is 0 Å². The Morgan fingerprint density at radius 1 is 1.30 bits per heavy atom. The maximum atomic E-state index is 6.39. The highest BCUT2D eigenvalue weighted by Gasteiger charge is 2.22. The normalized spacial score (nSPS) is 21.1. The van der Waals surface area contributed by atoms with Crippen molar-refractivity contribution in [1.82, 2.24) is 0 Å². The van der Waals surface area contributed by atoms with Crippen molar-refractivity contribution in [3.05, 3.63) is 35.1 Å². The summed E-state index contributed by atoms with van der Waals surface area (Å²) < 4.78 is 11.7. The third-order valence-electron chi connectivity index (χ3n) is 4.70. The van der Waals surface area contributed by atoms with Crippen LogP contribution in [-0.4, -0.2) is 12.7 Å². The van der Waals surface area contributed by atoms with Gasteiger partial charge < -0.3 is 8.92 Å². The molecule has 2 aliphatic rings. The predicted octanol–water partition coefficient (Wildman–Crippen LogP) is 6.93. The summed E-state index contributed by atoms with van der Waals surface area (Å²) in [6.45, 7) is 5.15. The highest BCUT2D eigenvalue weighted by molar-refractivity contribution is 14.2. The summed E-state index contributed by atoms with van der Waals surface area (Å²) in [6, 6.07) is 0. The van der Waals surface area contributed by atoms with Gasteiger partial charge in [0.25, 0.3) is 0 Å². The molecule has 130 valence electrons. The van der Waals surface area contributed by atoms with Gasteiger partial charge in [-0.1, -0.05) is 31.4 Å². The van der Waals surface area contributed by atoms with Crippen molar-refractivity contribution in [2.24, 2.45) is 5.92 Å². The average molecular weight is 448 g/mol. The molecule has 0 spiro atoms. The van der Waals surface area contributed by atoms with Crippen molar-refractivity contribution >= 4 is 30.4 Å². The van der Waals surface area contributed by atoms with Crippen LogP contribution in [0.25, 0.3) is 0 Å². The molecule has 2 nitrogen and oxygen atoms in total. The van der Waals surface area contributed by atoms with Gasteiger partial charge >= 0.3 is 0 Å². The molecule has 0 saturated heterocycles. The lowest BCUT2D eigenvalue weighted by Gasteiger charge is -2.27. The molecule has 0 aliphatic heterocycles. The minimum Gasteiger partial charge on any atom is -0.491 e. The quantitative estimate of drug-likeness (QED) is 0.228. The third kappa shape index (κ3) is 6.83. The Morgan fingerprint density at radius 3 is 2.83 bits per heavy atom. The van der Waals surface area contributed by atoms with E-state index >= 15 is 0 Å². The number of hydrogen-bond acceptors (Lipinski definition) is 3. The van der Waals surface area contributed by atoms with E-state index in [4.69, 9.17) is 8.92 Å². The maximum Gasteiger partial charge on any atom is 0.119 e. The summed E-state index contributed by atoms with van der Waals surface area (Å²) in [5.41, 5.74) is 2.83. The predicted molar refractivity (Wildman–Crippen MR) is 108 cm³/mol. The summed E-state index contributed by atoms with van der Waals surface area (Å²) in [7, 11) is 1.41. The molecular formula is C19H29IO2S. The SMILES string of the molecule is CC1=CC(OC(C)CCCOSI)=C(C2CCCCC2)CC=C1. The van der Waals surface area contributed by atoms with Crippen molar-refractivity contribution in [2.45, 2.75) is 71.3 Å². The van der Waals surface area contributed by atoms with Crippen LogP contribution in [-0.2, 0) is 8.92 Å². The first kappa shape index (κ1) is 19.4. The van der Waals surface area contributed by atoms with E-state index in [1.54, 1.807) is 0 Å². The fraction of sp³-hybridized carbons (Fsp3) is 0.684. The lowest BCUT2D eigenvalue weighted by atomic mass is 9.82. The van der Waals surface area contributed by atoms with Crippen LogP contribution >= 0.6 is 30.4 Å². The Labute approximate surface area is 157 Å². The molecule has 0 aromatic heterocycles. The molecule has 0 aromatic rings. The molecule has 0 radical (unpaired) electrons. The van der Waals surface area contributed by atoms with Crippen LogP contribution in [0.15, 0.2) is 35.1 Å². The van der Waals surface area contributed by atoms with Gasteiger partial charge in [0.1, 0.15) is 5.76 Å². The van der Waals surface area contributed by atoms with Gasteiger partial charge in [-0.3, -0.25) is 0 Å². The molecule has 1 atom stereocenters. The lowest BCUT2D eigenvalue weighted by Crippen LogP contribution is -2.15. The van der Waals surface area contributed by atoms with Crippen molar-refractivity contribution in [2.75, 3.05) is 6.61 Å². The zero-order chi connectivity index (χ0) is 16.5. The van der Waals surface area contributed by atoms with Crippen LogP contribution in [0.2, 0.25) is 0 Å². The van der Waals surface area contributed by atoms with E-state index in [0.717, 1.165) is 37.5 Å². The minimum absolute atomic E-state index is 0.244. The number of hydrogen-bond donors (Lipinski definition) is 0. The third-order valence-corrected chi connectivity index (χ3v) is 5.72. The van der Waals surface area contributed by atoms with E-state index in [9.17, 15) is 0 Å². The molecular weight excluding hydrogens is 419 g/mol. The smallest absolute Gasteiger partial charge is 0.119 e. The van der Waals surface area contributed by atoms with Crippen LogP contribution in [0.5, 0.6) is 0 Å². The van der Waals surface area contributed by atoms with E-state index in [1.807, 2.05) is 0 Å². The molecule has 1 unspecified atom stereocenters. The molecule has 0 N–H and O–H groups in total. The maximum absolute atomic E-state index is 6.39. The van der Waals surface area contributed by atoms with Gasteiger partial charge in [-0.2, -0.15) is 0 Å². The van der Waals surface area contributed by atoms with Gasteiger partial charge in [0.2, 0.25) is 0 Å². The lowest BCUT2D eigenvalue weighted by molar-refractivity contribution is 0.121. The molecule has 0 heterocycles. The van der Waals surface area contributed by atoms with Crippen molar-refractivity contribution in [3.8, 4) is 0 Å². The number of halogens is 1. The van der Waals surface area contributed by atoms with Crippen LogP contribution in [0.1, 0.15) is 65.2 Å². The summed E-state index contributed by atoms with van der Waals surface area (Å²) in [5.74, 6) is 1.87. The monoisotopic (exact) mass is 448 g/mol. The van der Waals surface area contributed by atoms with E-state index in [2.05, 4.69) is 53.3 Å².